The normalized spacial score (nSPS) is 12.8. The molecule has 242 valence electrons. The van der Waals surface area contributed by atoms with Crippen LogP contribution < -0.4 is 0 Å². The molecule has 0 aliphatic heterocycles. The number of ether oxygens (including phenoxy) is 4. The van der Waals surface area contributed by atoms with Gasteiger partial charge < -0.3 is 37.1 Å². The minimum Gasteiger partial charge on any atom is -0.459 e. The van der Waals surface area contributed by atoms with Crippen molar-refractivity contribution in [3.8, 4) is 0 Å². The molecule has 13 heteroatoms. The molecule has 0 aliphatic rings. The van der Waals surface area contributed by atoms with Gasteiger partial charge in [0.1, 0.15) is 25.4 Å². The smallest absolute Gasteiger partial charge is 0.459 e. The first-order valence-electron chi connectivity index (χ1n) is 14.5. The Labute approximate surface area is 252 Å². The third-order valence-electron chi connectivity index (χ3n) is 5.57. The van der Waals surface area contributed by atoms with Crippen molar-refractivity contribution in [2.75, 3.05) is 52.7 Å². The SMILES string of the molecule is C=C(C)C(=O)OCC(C)OC(=O)CCN(CCC[Si](OCC)(OCC)OCC)CCC(=O)OC(C)COC(=O)C(=C)C. The molecule has 0 N–H and O–H groups in total. The van der Waals surface area contributed by atoms with E-state index in [0.717, 1.165) is 0 Å². The molecule has 0 radical (unpaired) electrons. The number of carbonyl (C=O) groups excluding carboxylic acids is 4. The van der Waals surface area contributed by atoms with Gasteiger partial charge in [-0.2, -0.15) is 0 Å². The van der Waals surface area contributed by atoms with E-state index in [-0.39, 0.29) is 37.2 Å². The molecule has 0 bridgehead atoms. The fraction of sp³-hybridized carbons (Fsp3) is 0.724. The van der Waals surface area contributed by atoms with Crippen LogP contribution in [0.15, 0.2) is 24.3 Å². The summed E-state index contributed by atoms with van der Waals surface area (Å²) in [5.41, 5.74) is 0.519. The van der Waals surface area contributed by atoms with Gasteiger partial charge in [0.25, 0.3) is 0 Å². The molecule has 0 aromatic heterocycles. The molecule has 0 amide bonds. The maximum Gasteiger partial charge on any atom is 0.500 e. The molecule has 2 unspecified atom stereocenters. The van der Waals surface area contributed by atoms with Crippen LogP contribution >= 0.6 is 0 Å². The van der Waals surface area contributed by atoms with Crippen LogP contribution in [0.2, 0.25) is 6.04 Å². The number of hydrogen-bond donors (Lipinski definition) is 0. The molecule has 0 saturated heterocycles. The van der Waals surface area contributed by atoms with Crippen LogP contribution in [-0.2, 0) is 51.4 Å². The molecular weight excluding hydrogens is 566 g/mol. The topological polar surface area (TPSA) is 136 Å². The summed E-state index contributed by atoms with van der Waals surface area (Å²) >= 11 is 0. The highest BCUT2D eigenvalue weighted by Crippen LogP contribution is 2.19. The zero-order valence-corrected chi connectivity index (χ0v) is 27.5. The molecule has 0 saturated carbocycles. The van der Waals surface area contributed by atoms with E-state index < -0.39 is 44.9 Å². The van der Waals surface area contributed by atoms with Crippen LogP contribution in [0.5, 0.6) is 0 Å². The van der Waals surface area contributed by atoms with Crippen LogP contribution in [-0.4, -0.2) is 102 Å². The Kier molecular flexibility index (Phi) is 20.7. The number of carbonyl (C=O) groups is 4. The van der Waals surface area contributed by atoms with E-state index in [4.69, 9.17) is 32.2 Å². The summed E-state index contributed by atoms with van der Waals surface area (Å²) in [6.45, 7) is 21.5. The summed E-state index contributed by atoms with van der Waals surface area (Å²) in [5.74, 6) is -2.03. The van der Waals surface area contributed by atoms with Crippen molar-refractivity contribution in [1.29, 1.82) is 0 Å². The van der Waals surface area contributed by atoms with Crippen molar-refractivity contribution < 1.29 is 51.4 Å². The standard InChI is InChI=1S/C29H51NO11Si/c1-10-37-42(38-11-2,39-12-3)19-13-16-30(17-14-26(31)40-24(8)20-35-28(33)22(4)5)18-15-27(32)41-25(9)21-36-29(34)23(6)7/h24-25H,4,6,10-21H2,1-3,5,7-9H3. The maximum absolute atomic E-state index is 12.5. The molecule has 2 atom stereocenters. The quantitative estimate of drug-likeness (QED) is 0.0677. The van der Waals surface area contributed by atoms with Crippen LogP contribution in [0.3, 0.4) is 0 Å². The van der Waals surface area contributed by atoms with E-state index in [0.29, 0.717) is 51.9 Å². The summed E-state index contributed by atoms with van der Waals surface area (Å²) in [4.78, 5) is 50.1. The van der Waals surface area contributed by atoms with Crippen LogP contribution in [0.25, 0.3) is 0 Å². The second-order valence-electron chi connectivity index (χ2n) is 9.79. The van der Waals surface area contributed by atoms with Gasteiger partial charge in [-0.3, -0.25) is 9.59 Å². The van der Waals surface area contributed by atoms with E-state index in [1.807, 2.05) is 25.7 Å². The molecule has 0 fully saturated rings. The monoisotopic (exact) mass is 617 g/mol. The van der Waals surface area contributed by atoms with Gasteiger partial charge in [-0.05, 0) is 61.4 Å². The first-order valence-corrected chi connectivity index (χ1v) is 16.4. The Morgan fingerprint density at radius 3 is 1.40 bits per heavy atom. The number of nitrogens with zero attached hydrogens (tertiary/aromatic N) is 1. The first-order chi connectivity index (χ1) is 19.8. The van der Waals surface area contributed by atoms with E-state index in [1.165, 1.54) is 13.8 Å². The number of esters is 4. The van der Waals surface area contributed by atoms with Gasteiger partial charge in [-0.1, -0.05) is 13.2 Å². The molecule has 0 heterocycles. The second kappa shape index (κ2) is 22.0. The Morgan fingerprint density at radius 1 is 0.690 bits per heavy atom. The number of rotatable bonds is 24. The molecule has 0 aliphatic carbocycles. The molecule has 42 heavy (non-hydrogen) atoms. The first kappa shape index (κ1) is 39.4. The van der Waals surface area contributed by atoms with Crippen molar-refractivity contribution in [2.24, 2.45) is 0 Å². The van der Waals surface area contributed by atoms with Crippen LogP contribution in [0.1, 0.15) is 67.7 Å². The lowest BCUT2D eigenvalue weighted by atomic mass is 10.3. The lowest BCUT2D eigenvalue weighted by molar-refractivity contribution is -0.157. The van der Waals surface area contributed by atoms with Crippen molar-refractivity contribution in [3.63, 3.8) is 0 Å². The average Bonchev–Trinajstić information content (AvgIpc) is 2.91. The largest absolute Gasteiger partial charge is 0.500 e. The van der Waals surface area contributed by atoms with E-state index in [2.05, 4.69) is 13.2 Å². The lowest BCUT2D eigenvalue weighted by Crippen LogP contribution is -2.46. The van der Waals surface area contributed by atoms with Crippen molar-refractivity contribution in [2.45, 2.75) is 86.0 Å². The second-order valence-corrected chi connectivity index (χ2v) is 12.5. The highest BCUT2D eigenvalue weighted by Gasteiger charge is 2.39. The summed E-state index contributed by atoms with van der Waals surface area (Å²) < 4.78 is 38.6. The van der Waals surface area contributed by atoms with Crippen LogP contribution in [0, 0.1) is 0 Å². The third kappa shape index (κ3) is 18.1. The Hall–Kier alpha value is -2.58. The summed E-state index contributed by atoms with van der Waals surface area (Å²) in [6, 6.07) is 0.574. The fourth-order valence-electron chi connectivity index (χ4n) is 3.62. The van der Waals surface area contributed by atoms with E-state index in [9.17, 15) is 19.2 Å². The zero-order valence-electron chi connectivity index (χ0n) is 26.5. The Morgan fingerprint density at radius 2 is 1.07 bits per heavy atom. The minimum atomic E-state index is -2.85. The Bertz CT molecular complexity index is 809. The summed E-state index contributed by atoms with van der Waals surface area (Å²) in [6.07, 6.45) is -0.477. The van der Waals surface area contributed by atoms with E-state index in [1.54, 1.807) is 13.8 Å². The lowest BCUT2D eigenvalue weighted by Gasteiger charge is -2.29. The third-order valence-corrected chi connectivity index (χ3v) is 8.73. The van der Waals surface area contributed by atoms with E-state index >= 15 is 0 Å². The summed E-state index contributed by atoms with van der Waals surface area (Å²) in [7, 11) is -2.85. The van der Waals surface area contributed by atoms with Gasteiger partial charge in [-0.25, -0.2) is 9.59 Å². The molecule has 12 nitrogen and oxygen atoms in total. The van der Waals surface area contributed by atoms with Gasteiger partial charge >= 0.3 is 32.7 Å². The van der Waals surface area contributed by atoms with Crippen LogP contribution in [0.4, 0.5) is 0 Å². The highest BCUT2D eigenvalue weighted by molar-refractivity contribution is 6.60. The number of hydrogen-bond acceptors (Lipinski definition) is 12. The van der Waals surface area contributed by atoms with Crippen molar-refractivity contribution in [1.82, 2.24) is 4.90 Å². The highest BCUT2D eigenvalue weighted by atomic mass is 28.4. The van der Waals surface area contributed by atoms with Gasteiger partial charge in [0.2, 0.25) is 0 Å². The average molecular weight is 618 g/mol. The van der Waals surface area contributed by atoms with Gasteiger partial charge in [-0.15, -0.1) is 0 Å². The minimum absolute atomic E-state index is 0.0615. The maximum atomic E-state index is 12.5. The molecule has 0 rings (SSSR count). The predicted octanol–water partition coefficient (Wildman–Crippen LogP) is 3.61. The molecule has 0 aromatic rings. The van der Waals surface area contributed by atoms with Gasteiger partial charge in [0, 0.05) is 50.1 Å². The molecule has 0 aromatic carbocycles. The fourth-order valence-corrected chi connectivity index (χ4v) is 6.22. The van der Waals surface area contributed by atoms with Gasteiger partial charge in [0.05, 0.1) is 12.8 Å². The zero-order chi connectivity index (χ0) is 32.1. The predicted molar refractivity (Wildman–Crippen MR) is 158 cm³/mol. The molecule has 0 spiro atoms. The van der Waals surface area contributed by atoms with Crippen molar-refractivity contribution >= 4 is 32.7 Å². The molecular formula is C29H51NO11Si. The van der Waals surface area contributed by atoms with Crippen molar-refractivity contribution in [3.05, 3.63) is 24.3 Å². The van der Waals surface area contributed by atoms with Gasteiger partial charge in [0.15, 0.2) is 0 Å². The summed E-state index contributed by atoms with van der Waals surface area (Å²) in [5, 5.41) is 0. The Balaban J connectivity index is 5.12.